The van der Waals surface area contributed by atoms with Crippen molar-refractivity contribution in [1.29, 1.82) is 0 Å². The minimum absolute atomic E-state index is 0.612. The standard InChI is InChI=1S/C13H16O2/c1-4-15-12-8-6-5-7-11(12)9-10-13(2,3)14/h5-8,14H,4H2,1-3H3. The van der Waals surface area contributed by atoms with Gasteiger partial charge in [-0.05, 0) is 32.9 Å². The second kappa shape index (κ2) is 4.86. The SMILES string of the molecule is CCOc1ccccc1C#CC(C)(C)O. The van der Waals surface area contributed by atoms with Crippen LogP contribution in [-0.2, 0) is 0 Å². The molecular weight excluding hydrogens is 188 g/mol. The van der Waals surface area contributed by atoms with E-state index in [1.165, 1.54) is 0 Å². The summed E-state index contributed by atoms with van der Waals surface area (Å²) in [7, 11) is 0. The Hall–Kier alpha value is -1.46. The molecule has 0 aliphatic rings. The lowest BCUT2D eigenvalue weighted by molar-refractivity contribution is 0.143. The average Bonchev–Trinajstić information content (AvgIpc) is 2.16. The molecule has 0 aliphatic carbocycles. The van der Waals surface area contributed by atoms with Crippen LogP contribution in [0.3, 0.4) is 0 Å². The van der Waals surface area contributed by atoms with Gasteiger partial charge >= 0.3 is 0 Å². The lowest BCUT2D eigenvalue weighted by atomic mass is 10.1. The molecule has 1 aromatic carbocycles. The van der Waals surface area contributed by atoms with E-state index in [4.69, 9.17) is 4.74 Å². The Labute approximate surface area is 90.9 Å². The van der Waals surface area contributed by atoms with Crippen molar-refractivity contribution >= 4 is 0 Å². The summed E-state index contributed by atoms with van der Waals surface area (Å²) in [5, 5.41) is 9.49. The minimum Gasteiger partial charge on any atom is -0.493 e. The van der Waals surface area contributed by atoms with Gasteiger partial charge in [-0.1, -0.05) is 24.0 Å². The number of para-hydroxylation sites is 1. The zero-order valence-corrected chi connectivity index (χ0v) is 9.37. The molecule has 0 spiro atoms. The second-order valence-electron chi connectivity index (χ2n) is 3.74. The summed E-state index contributed by atoms with van der Waals surface area (Å²) >= 11 is 0. The first-order chi connectivity index (χ1) is 7.03. The number of hydrogen-bond donors (Lipinski definition) is 1. The van der Waals surface area contributed by atoms with Crippen LogP contribution in [0.2, 0.25) is 0 Å². The van der Waals surface area contributed by atoms with Crippen molar-refractivity contribution in [2.45, 2.75) is 26.4 Å². The number of ether oxygens (including phenoxy) is 1. The molecule has 0 saturated heterocycles. The van der Waals surface area contributed by atoms with Gasteiger partial charge < -0.3 is 9.84 Å². The van der Waals surface area contributed by atoms with Crippen LogP contribution in [-0.4, -0.2) is 17.3 Å². The third-order valence-electron chi connectivity index (χ3n) is 1.69. The van der Waals surface area contributed by atoms with E-state index in [0.29, 0.717) is 6.61 Å². The number of hydrogen-bond acceptors (Lipinski definition) is 2. The van der Waals surface area contributed by atoms with E-state index in [9.17, 15) is 5.11 Å². The van der Waals surface area contributed by atoms with Crippen LogP contribution in [0, 0.1) is 11.8 Å². The Balaban J connectivity index is 2.97. The highest BCUT2D eigenvalue weighted by Crippen LogP contribution is 2.16. The van der Waals surface area contributed by atoms with Crippen molar-refractivity contribution in [2.24, 2.45) is 0 Å². The van der Waals surface area contributed by atoms with E-state index < -0.39 is 5.60 Å². The van der Waals surface area contributed by atoms with Crippen molar-refractivity contribution in [3.05, 3.63) is 29.8 Å². The zero-order valence-electron chi connectivity index (χ0n) is 9.37. The van der Waals surface area contributed by atoms with Gasteiger partial charge in [-0.15, -0.1) is 0 Å². The highest BCUT2D eigenvalue weighted by Gasteiger charge is 2.06. The summed E-state index contributed by atoms with van der Waals surface area (Å²) in [5.41, 5.74) is -0.166. The Kier molecular flexibility index (Phi) is 3.76. The van der Waals surface area contributed by atoms with Crippen molar-refractivity contribution in [1.82, 2.24) is 0 Å². The number of aliphatic hydroxyl groups is 1. The van der Waals surface area contributed by atoms with Gasteiger partial charge in [0.25, 0.3) is 0 Å². The van der Waals surface area contributed by atoms with Crippen molar-refractivity contribution in [3.63, 3.8) is 0 Å². The largest absolute Gasteiger partial charge is 0.493 e. The highest BCUT2D eigenvalue weighted by atomic mass is 16.5. The first-order valence-electron chi connectivity index (χ1n) is 5.00. The number of benzene rings is 1. The second-order valence-corrected chi connectivity index (χ2v) is 3.74. The minimum atomic E-state index is -0.973. The van der Waals surface area contributed by atoms with Gasteiger partial charge in [0.1, 0.15) is 11.4 Å². The molecule has 0 unspecified atom stereocenters. The lowest BCUT2D eigenvalue weighted by Crippen LogP contribution is -2.14. The Bertz CT molecular complexity index is 378. The maximum absolute atomic E-state index is 9.49. The molecule has 1 rings (SSSR count). The van der Waals surface area contributed by atoms with Crippen LogP contribution in [0.5, 0.6) is 5.75 Å². The molecule has 15 heavy (non-hydrogen) atoms. The molecule has 0 fully saturated rings. The molecule has 0 amide bonds. The van der Waals surface area contributed by atoms with Gasteiger partial charge in [0.2, 0.25) is 0 Å². The summed E-state index contributed by atoms with van der Waals surface area (Å²) in [6.45, 7) is 5.86. The summed E-state index contributed by atoms with van der Waals surface area (Å²) < 4.78 is 5.42. The van der Waals surface area contributed by atoms with E-state index in [1.807, 2.05) is 31.2 Å². The Morgan fingerprint density at radius 2 is 2.00 bits per heavy atom. The highest BCUT2D eigenvalue weighted by molar-refractivity contribution is 5.46. The molecule has 0 radical (unpaired) electrons. The predicted molar refractivity (Wildman–Crippen MR) is 60.8 cm³/mol. The van der Waals surface area contributed by atoms with Gasteiger partial charge in [-0.2, -0.15) is 0 Å². The smallest absolute Gasteiger partial charge is 0.134 e. The van der Waals surface area contributed by atoms with Gasteiger partial charge in [-0.25, -0.2) is 0 Å². The molecule has 0 aliphatic heterocycles. The summed E-state index contributed by atoms with van der Waals surface area (Å²) in [4.78, 5) is 0. The molecular formula is C13H16O2. The van der Waals surface area contributed by atoms with Crippen LogP contribution in [0.15, 0.2) is 24.3 Å². The van der Waals surface area contributed by atoms with Gasteiger partial charge in [0, 0.05) is 0 Å². The molecule has 0 saturated carbocycles. The molecule has 0 atom stereocenters. The van der Waals surface area contributed by atoms with Crippen molar-refractivity contribution < 1.29 is 9.84 Å². The molecule has 2 heteroatoms. The molecule has 2 nitrogen and oxygen atoms in total. The molecule has 80 valence electrons. The molecule has 0 aromatic heterocycles. The van der Waals surface area contributed by atoms with E-state index in [0.717, 1.165) is 11.3 Å². The normalized spacial score (nSPS) is 10.4. The first kappa shape index (κ1) is 11.6. The van der Waals surface area contributed by atoms with E-state index in [-0.39, 0.29) is 0 Å². The molecule has 0 heterocycles. The van der Waals surface area contributed by atoms with E-state index in [1.54, 1.807) is 13.8 Å². The molecule has 1 aromatic rings. The molecule has 1 N–H and O–H groups in total. The number of rotatable bonds is 2. The third kappa shape index (κ3) is 4.05. The fourth-order valence-corrected chi connectivity index (χ4v) is 1.07. The molecule has 0 bridgehead atoms. The Morgan fingerprint density at radius 1 is 1.33 bits per heavy atom. The predicted octanol–water partition coefficient (Wildman–Crippen LogP) is 2.21. The van der Waals surface area contributed by atoms with Crippen LogP contribution < -0.4 is 4.74 Å². The lowest BCUT2D eigenvalue weighted by Gasteiger charge is -2.07. The Morgan fingerprint density at radius 3 is 2.60 bits per heavy atom. The monoisotopic (exact) mass is 204 g/mol. The van der Waals surface area contributed by atoms with E-state index >= 15 is 0 Å². The van der Waals surface area contributed by atoms with Crippen molar-refractivity contribution in [2.75, 3.05) is 6.61 Å². The van der Waals surface area contributed by atoms with Crippen LogP contribution in [0.25, 0.3) is 0 Å². The van der Waals surface area contributed by atoms with Crippen LogP contribution >= 0.6 is 0 Å². The summed E-state index contributed by atoms with van der Waals surface area (Å²) in [6, 6.07) is 7.55. The van der Waals surface area contributed by atoms with Gasteiger partial charge in [0.05, 0.1) is 12.2 Å². The van der Waals surface area contributed by atoms with Crippen LogP contribution in [0.1, 0.15) is 26.3 Å². The fourth-order valence-electron chi connectivity index (χ4n) is 1.07. The zero-order chi connectivity index (χ0) is 11.3. The topological polar surface area (TPSA) is 29.5 Å². The van der Waals surface area contributed by atoms with Crippen molar-refractivity contribution in [3.8, 4) is 17.6 Å². The van der Waals surface area contributed by atoms with E-state index in [2.05, 4.69) is 11.8 Å². The third-order valence-corrected chi connectivity index (χ3v) is 1.69. The van der Waals surface area contributed by atoms with Gasteiger partial charge in [0.15, 0.2) is 0 Å². The quantitative estimate of drug-likeness (QED) is 0.748. The van der Waals surface area contributed by atoms with Gasteiger partial charge in [-0.3, -0.25) is 0 Å². The maximum atomic E-state index is 9.49. The fraction of sp³-hybridized carbons (Fsp3) is 0.385. The summed E-state index contributed by atoms with van der Waals surface area (Å²) in [5.74, 6) is 6.44. The first-order valence-corrected chi connectivity index (χ1v) is 5.00. The summed E-state index contributed by atoms with van der Waals surface area (Å²) in [6.07, 6.45) is 0. The average molecular weight is 204 g/mol. The maximum Gasteiger partial charge on any atom is 0.134 e. The van der Waals surface area contributed by atoms with Crippen LogP contribution in [0.4, 0.5) is 0 Å².